The van der Waals surface area contributed by atoms with Crippen molar-refractivity contribution in [1.29, 1.82) is 0 Å². The molecule has 0 aromatic rings. The fraction of sp³-hybridized carbons (Fsp3) is 0.951. The van der Waals surface area contributed by atoms with Crippen molar-refractivity contribution >= 4 is 0 Å². The number of rotatable bonds is 35. The number of hydrogen-bond acceptors (Lipinski definition) is 2. The van der Waals surface area contributed by atoms with Crippen molar-refractivity contribution in [3.8, 4) is 0 Å². The van der Waals surface area contributed by atoms with Crippen molar-refractivity contribution in [2.75, 3.05) is 13.1 Å². The predicted molar refractivity (Wildman–Crippen MR) is 196 cm³/mol. The highest BCUT2D eigenvalue weighted by molar-refractivity contribution is 4.97. The van der Waals surface area contributed by atoms with Crippen molar-refractivity contribution in [3.05, 3.63) is 12.4 Å². The Balaban J connectivity index is 2.21. The van der Waals surface area contributed by atoms with E-state index in [9.17, 15) is 0 Å². The molecule has 1 aliphatic rings. The summed E-state index contributed by atoms with van der Waals surface area (Å²) in [5.74, 6) is 0. The van der Waals surface area contributed by atoms with Crippen LogP contribution in [-0.4, -0.2) is 29.1 Å². The summed E-state index contributed by atoms with van der Waals surface area (Å²) in [6.07, 6.45) is 52.9. The Morgan fingerprint density at radius 1 is 0.302 bits per heavy atom. The molecule has 0 atom stereocenters. The maximum atomic E-state index is 2.72. The molecule has 0 unspecified atom stereocenters. The number of nitrogens with zero attached hydrogens (tertiary/aromatic N) is 2. The second kappa shape index (κ2) is 32.7. The lowest BCUT2D eigenvalue weighted by molar-refractivity contribution is 0.135. The zero-order chi connectivity index (χ0) is 30.9. The second-order valence-corrected chi connectivity index (χ2v) is 14.3. The van der Waals surface area contributed by atoms with Crippen LogP contribution in [-0.2, 0) is 0 Å². The average molecular weight is 603 g/mol. The topological polar surface area (TPSA) is 6.48 Å². The van der Waals surface area contributed by atoms with Crippen molar-refractivity contribution in [3.63, 3.8) is 0 Å². The fourth-order valence-electron chi connectivity index (χ4n) is 7.07. The fourth-order valence-corrected chi connectivity index (χ4v) is 7.07. The van der Waals surface area contributed by atoms with Crippen LogP contribution in [0.2, 0.25) is 0 Å². The summed E-state index contributed by atoms with van der Waals surface area (Å²) < 4.78 is 0. The minimum atomic E-state index is 0.639. The Bertz CT molecular complexity index is 526. The van der Waals surface area contributed by atoms with Crippen LogP contribution in [0.3, 0.4) is 0 Å². The summed E-state index contributed by atoms with van der Waals surface area (Å²) in [6.45, 7) is 9.48. The summed E-state index contributed by atoms with van der Waals surface area (Å²) in [5.41, 5.74) is 0. The molecule has 0 spiro atoms. The normalized spacial score (nSPS) is 13.7. The first-order valence-electron chi connectivity index (χ1n) is 20.5. The predicted octanol–water partition coefficient (Wildman–Crippen LogP) is 14.3. The van der Waals surface area contributed by atoms with Gasteiger partial charge in [0, 0.05) is 25.5 Å². The van der Waals surface area contributed by atoms with Gasteiger partial charge in [-0.2, -0.15) is 0 Å². The summed E-state index contributed by atoms with van der Waals surface area (Å²) in [7, 11) is 0. The third kappa shape index (κ3) is 25.2. The first-order chi connectivity index (χ1) is 21.3. The quantitative estimate of drug-likeness (QED) is 0.0666. The molecule has 1 heterocycles. The van der Waals surface area contributed by atoms with Crippen molar-refractivity contribution in [2.45, 2.75) is 239 Å². The summed E-state index contributed by atoms with van der Waals surface area (Å²) in [4.78, 5) is 5.44. The lowest BCUT2D eigenvalue weighted by Crippen LogP contribution is -2.39. The molecule has 0 saturated heterocycles. The Morgan fingerprint density at radius 3 is 0.814 bits per heavy atom. The van der Waals surface area contributed by atoms with Crippen LogP contribution >= 0.6 is 0 Å². The Morgan fingerprint density at radius 2 is 0.535 bits per heavy atom. The zero-order valence-corrected chi connectivity index (χ0v) is 30.4. The highest BCUT2D eigenvalue weighted by Gasteiger charge is 2.24. The Kier molecular flexibility index (Phi) is 30.7. The molecule has 0 saturated carbocycles. The van der Waals surface area contributed by atoms with E-state index in [1.165, 1.54) is 225 Å². The van der Waals surface area contributed by atoms with Crippen LogP contribution in [0.25, 0.3) is 0 Å². The van der Waals surface area contributed by atoms with Crippen LogP contribution in [0.4, 0.5) is 0 Å². The standard InChI is InChI=1S/C41H82N2/c1-4-7-10-13-16-19-20-21-22-23-24-27-30-33-36-41-42(37-34-31-28-25-17-14-11-8-5-2)39-40-43(41)38-35-32-29-26-18-15-12-9-6-3/h39-41H,4-38H2,1-3H3. The molecular weight excluding hydrogens is 520 g/mol. The molecule has 1 rings (SSSR count). The molecule has 2 nitrogen and oxygen atoms in total. The van der Waals surface area contributed by atoms with Gasteiger partial charge >= 0.3 is 0 Å². The molecule has 0 bridgehead atoms. The summed E-state index contributed by atoms with van der Waals surface area (Å²) in [5, 5.41) is 0. The molecule has 0 fully saturated rings. The van der Waals surface area contributed by atoms with Crippen molar-refractivity contribution in [1.82, 2.24) is 9.80 Å². The summed E-state index contributed by atoms with van der Waals surface area (Å²) >= 11 is 0. The van der Waals surface area contributed by atoms with Crippen molar-refractivity contribution < 1.29 is 0 Å². The van der Waals surface area contributed by atoms with Crippen LogP contribution in [0.5, 0.6) is 0 Å². The van der Waals surface area contributed by atoms with E-state index in [2.05, 4.69) is 43.0 Å². The largest absolute Gasteiger partial charge is 0.356 e. The van der Waals surface area contributed by atoms with Gasteiger partial charge in [-0.15, -0.1) is 0 Å². The maximum absolute atomic E-state index is 2.72. The molecular formula is C41H82N2. The lowest BCUT2D eigenvalue weighted by Gasteiger charge is -2.33. The van der Waals surface area contributed by atoms with Gasteiger partial charge in [0.25, 0.3) is 0 Å². The second-order valence-electron chi connectivity index (χ2n) is 14.3. The monoisotopic (exact) mass is 603 g/mol. The molecule has 0 N–H and O–H groups in total. The van der Waals surface area contributed by atoms with E-state index in [1.807, 2.05) is 0 Å². The Hall–Kier alpha value is -0.660. The first kappa shape index (κ1) is 40.4. The van der Waals surface area contributed by atoms with Crippen LogP contribution in [0.15, 0.2) is 12.4 Å². The third-order valence-corrected chi connectivity index (χ3v) is 10.1. The number of hydrogen-bond donors (Lipinski definition) is 0. The van der Waals surface area contributed by atoms with Gasteiger partial charge in [0.05, 0.1) is 0 Å². The molecule has 0 amide bonds. The zero-order valence-electron chi connectivity index (χ0n) is 30.4. The molecule has 43 heavy (non-hydrogen) atoms. The van der Waals surface area contributed by atoms with E-state index in [4.69, 9.17) is 0 Å². The van der Waals surface area contributed by atoms with Crippen LogP contribution < -0.4 is 0 Å². The van der Waals surface area contributed by atoms with E-state index < -0.39 is 0 Å². The SMILES string of the molecule is CCCCCCCCCCCCCCCCC1N(CCCCCCCCCCC)C=CN1CCCCCCCCCCC. The molecule has 2 heteroatoms. The van der Waals surface area contributed by atoms with Crippen molar-refractivity contribution in [2.24, 2.45) is 0 Å². The minimum absolute atomic E-state index is 0.639. The third-order valence-electron chi connectivity index (χ3n) is 10.1. The van der Waals surface area contributed by atoms with E-state index in [0.29, 0.717) is 6.17 Å². The molecule has 0 aliphatic carbocycles. The van der Waals surface area contributed by atoms with Gasteiger partial charge in [0.1, 0.15) is 6.17 Å². The van der Waals surface area contributed by atoms with Gasteiger partial charge in [-0.05, 0) is 25.7 Å². The molecule has 0 aromatic carbocycles. The van der Waals surface area contributed by atoms with Gasteiger partial charge in [-0.3, -0.25) is 0 Å². The summed E-state index contributed by atoms with van der Waals surface area (Å²) in [6, 6.07) is 0. The highest BCUT2D eigenvalue weighted by atomic mass is 15.4. The van der Waals surface area contributed by atoms with E-state index >= 15 is 0 Å². The van der Waals surface area contributed by atoms with E-state index in [0.717, 1.165) is 0 Å². The van der Waals surface area contributed by atoms with Crippen LogP contribution in [0.1, 0.15) is 233 Å². The maximum Gasteiger partial charge on any atom is 0.101 e. The van der Waals surface area contributed by atoms with Gasteiger partial charge in [0.2, 0.25) is 0 Å². The highest BCUT2D eigenvalue weighted by Crippen LogP contribution is 2.24. The van der Waals surface area contributed by atoms with Crippen LogP contribution in [0, 0.1) is 0 Å². The molecule has 1 aliphatic heterocycles. The average Bonchev–Trinajstić information content (AvgIpc) is 3.40. The molecule has 0 aromatic heterocycles. The molecule has 256 valence electrons. The first-order valence-corrected chi connectivity index (χ1v) is 20.5. The van der Waals surface area contributed by atoms with Gasteiger partial charge in [-0.25, -0.2) is 0 Å². The Labute approximate surface area is 273 Å². The smallest absolute Gasteiger partial charge is 0.101 e. The number of unbranched alkanes of at least 4 members (excludes halogenated alkanes) is 29. The van der Waals surface area contributed by atoms with Gasteiger partial charge in [0.15, 0.2) is 0 Å². The lowest BCUT2D eigenvalue weighted by atomic mass is 10.0. The van der Waals surface area contributed by atoms with E-state index in [-0.39, 0.29) is 0 Å². The minimum Gasteiger partial charge on any atom is -0.356 e. The molecule has 0 radical (unpaired) electrons. The van der Waals surface area contributed by atoms with E-state index in [1.54, 1.807) is 0 Å². The van der Waals surface area contributed by atoms with Gasteiger partial charge in [-0.1, -0.05) is 207 Å². The van der Waals surface area contributed by atoms with Gasteiger partial charge < -0.3 is 9.80 Å².